The summed E-state index contributed by atoms with van der Waals surface area (Å²) in [5, 5.41) is 3.40. The van der Waals surface area contributed by atoms with Gasteiger partial charge in [0.05, 0.1) is 0 Å². The highest BCUT2D eigenvalue weighted by molar-refractivity contribution is 5.16. The maximum Gasteiger partial charge on any atom is 0.123 e. The van der Waals surface area contributed by atoms with Crippen LogP contribution in [0.3, 0.4) is 0 Å². The summed E-state index contributed by atoms with van der Waals surface area (Å²) in [4.78, 5) is 2.42. The van der Waals surface area contributed by atoms with Gasteiger partial charge < -0.3 is 5.32 Å². The zero-order chi connectivity index (χ0) is 11.5. The standard InChI is InChI=1S/C13H19FN2/c1-10-7-15-8-11(2)16(10)9-12-4-3-5-13(14)6-12/h3-6,10-11,15H,7-9H2,1-2H3/t10-,11+. The van der Waals surface area contributed by atoms with Crippen LogP contribution in [-0.2, 0) is 6.54 Å². The first kappa shape index (κ1) is 11.6. The highest BCUT2D eigenvalue weighted by Gasteiger charge is 2.24. The lowest BCUT2D eigenvalue weighted by Gasteiger charge is -2.39. The third kappa shape index (κ3) is 2.60. The molecule has 0 amide bonds. The molecule has 0 aliphatic carbocycles. The Bertz CT molecular complexity index is 344. The van der Waals surface area contributed by atoms with E-state index >= 15 is 0 Å². The molecule has 0 saturated carbocycles. The van der Waals surface area contributed by atoms with E-state index in [9.17, 15) is 4.39 Å². The Labute approximate surface area is 96.5 Å². The van der Waals surface area contributed by atoms with Gasteiger partial charge >= 0.3 is 0 Å². The molecule has 0 radical (unpaired) electrons. The van der Waals surface area contributed by atoms with E-state index in [0.717, 1.165) is 25.2 Å². The van der Waals surface area contributed by atoms with Crippen molar-refractivity contribution in [3.63, 3.8) is 0 Å². The van der Waals surface area contributed by atoms with Crippen LogP contribution in [0.4, 0.5) is 4.39 Å². The fraction of sp³-hybridized carbons (Fsp3) is 0.538. The summed E-state index contributed by atoms with van der Waals surface area (Å²) in [5.74, 6) is -0.145. The molecule has 16 heavy (non-hydrogen) atoms. The number of rotatable bonds is 2. The SMILES string of the molecule is C[C@@H]1CNC[C@H](C)N1Cc1cccc(F)c1. The van der Waals surface area contributed by atoms with E-state index < -0.39 is 0 Å². The van der Waals surface area contributed by atoms with Gasteiger partial charge in [-0.05, 0) is 31.5 Å². The molecule has 1 aliphatic rings. The molecule has 1 aromatic rings. The minimum atomic E-state index is -0.145. The van der Waals surface area contributed by atoms with Crippen LogP contribution in [0.2, 0.25) is 0 Å². The maximum atomic E-state index is 13.1. The summed E-state index contributed by atoms with van der Waals surface area (Å²) >= 11 is 0. The Morgan fingerprint density at radius 1 is 1.31 bits per heavy atom. The van der Waals surface area contributed by atoms with Gasteiger partial charge in [-0.2, -0.15) is 0 Å². The third-order valence-corrected chi connectivity index (χ3v) is 3.27. The topological polar surface area (TPSA) is 15.3 Å². The van der Waals surface area contributed by atoms with E-state index in [-0.39, 0.29) is 5.82 Å². The summed E-state index contributed by atoms with van der Waals surface area (Å²) in [6.45, 7) is 7.28. The summed E-state index contributed by atoms with van der Waals surface area (Å²) in [6.07, 6.45) is 0. The lowest BCUT2D eigenvalue weighted by atomic mass is 10.1. The largest absolute Gasteiger partial charge is 0.314 e. The number of hydrogen-bond acceptors (Lipinski definition) is 2. The van der Waals surface area contributed by atoms with Crippen molar-refractivity contribution in [3.8, 4) is 0 Å². The van der Waals surface area contributed by atoms with E-state index in [1.54, 1.807) is 12.1 Å². The Balaban J connectivity index is 2.07. The summed E-state index contributed by atoms with van der Waals surface area (Å²) in [5.41, 5.74) is 1.06. The zero-order valence-corrected chi connectivity index (χ0v) is 9.91. The predicted molar refractivity (Wildman–Crippen MR) is 63.7 cm³/mol. The second-order valence-electron chi connectivity index (χ2n) is 4.66. The van der Waals surface area contributed by atoms with E-state index in [1.807, 2.05) is 6.07 Å². The van der Waals surface area contributed by atoms with Gasteiger partial charge in [0.25, 0.3) is 0 Å². The van der Waals surface area contributed by atoms with Crippen molar-refractivity contribution in [3.05, 3.63) is 35.6 Å². The third-order valence-electron chi connectivity index (χ3n) is 3.27. The molecule has 0 aromatic heterocycles. The number of benzene rings is 1. The fourth-order valence-electron chi connectivity index (χ4n) is 2.33. The molecule has 1 aliphatic heterocycles. The first-order valence-electron chi connectivity index (χ1n) is 5.87. The summed E-state index contributed by atoms with van der Waals surface area (Å²) < 4.78 is 13.1. The number of halogens is 1. The molecule has 1 aromatic carbocycles. The van der Waals surface area contributed by atoms with Gasteiger partial charge in [0.15, 0.2) is 0 Å². The van der Waals surface area contributed by atoms with E-state index in [2.05, 4.69) is 24.1 Å². The fourth-order valence-corrected chi connectivity index (χ4v) is 2.33. The van der Waals surface area contributed by atoms with Crippen molar-refractivity contribution >= 4 is 0 Å². The van der Waals surface area contributed by atoms with Gasteiger partial charge in [-0.1, -0.05) is 12.1 Å². The molecule has 3 heteroatoms. The van der Waals surface area contributed by atoms with E-state index in [0.29, 0.717) is 12.1 Å². The molecule has 0 spiro atoms. The molecule has 1 saturated heterocycles. The van der Waals surface area contributed by atoms with Crippen LogP contribution in [-0.4, -0.2) is 30.1 Å². The molecular weight excluding hydrogens is 203 g/mol. The molecule has 1 heterocycles. The molecule has 0 unspecified atom stereocenters. The molecule has 1 fully saturated rings. The normalized spacial score (nSPS) is 26.9. The van der Waals surface area contributed by atoms with Crippen LogP contribution < -0.4 is 5.32 Å². The van der Waals surface area contributed by atoms with Crippen LogP contribution in [0.15, 0.2) is 24.3 Å². The minimum absolute atomic E-state index is 0.145. The van der Waals surface area contributed by atoms with Crippen LogP contribution in [0, 0.1) is 5.82 Å². The quantitative estimate of drug-likeness (QED) is 0.823. The first-order chi connectivity index (χ1) is 7.66. The first-order valence-corrected chi connectivity index (χ1v) is 5.87. The van der Waals surface area contributed by atoms with E-state index in [1.165, 1.54) is 6.07 Å². The molecule has 1 N–H and O–H groups in total. The number of hydrogen-bond donors (Lipinski definition) is 1. The zero-order valence-electron chi connectivity index (χ0n) is 9.91. The van der Waals surface area contributed by atoms with Crippen molar-refractivity contribution in [1.82, 2.24) is 10.2 Å². The number of nitrogens with one attached hydrogen (secondary N) is 1. The van der Waals surface area contributed by atoms with Crippen molar-refractivity contribution < 1.29 is 4.39 Å². The maximum absolute atomic E-state index is 13.1. The lowest BCUT2D eigenvalue weighted by molar-refractivity contribution is 0.108. The monoisotopic (exact) mass is 222 g/mol. The summed E-state index contributed by atoms with van der Waals surface area (Å²) in [6, 6.07) is 7.90. The Kier molecular flexibility index (Phi) is 3.56. The highest BCUT2D eigenvalue weighted by atomic mass is 19.1. The predicted octanol–water partition coefficient (Wildman–Crippen LogP) is 2.01. The van der Waals surface area contributed by atoms with Crippen molar-refractivity contribution in [2.75, 3.05) is 13.1 Å². The molecule has 2 nitrogen and oxygen atoms in total. The second-order valence-corrected chi connectivity index (χ2v) is 4.66. The Morgan fingerprint density at radius 3 is 2.62 bits per heavy atom. The van der Waals surface area contributed by atoms with Crippen molar-refractivity contribution in [2.24, 2.45) is 0 Å². The molecule has 2 rings (SSSR count). The van der Waals surface area contributed by atoms with E-state index in [4.69, 9.17) is 0 Å². The van der Waals surface area contributed by atoms with Gasteiger partial charge in [-0.25, -0.2) is 4.39 Å². The molecule has 0 bridgehead atoms. The van der Waals surface area contributed by atoms with Crippen LogP contribution in [0.5, 0.6) is 0 Å². The van der Waals surface area contributed by atoms with Gasteiger partial charge in [-0.3, -0.25) is 4.90 Å². The highest BCUT2D eigenvalue weighted by Crippen LogP contribution is 2.15. The molecule has 88 valence electrons. The van der Waals surface area contributed by atoms with Gasteiger partial charge in [0.1, 0.15) is 5.82 Å². The van der Waals surface area contributed by atoms with Crippen molar-refractivity contribution in [1.29, 1.82) is 0 Å². The Hall–Kier alpha value is -0.930. The summed E-state index contributed by atoms with van der Waals surface area (Å²) in [7, 11) is 0. The minimum Gasteiger partial charge on any atom is -0.314 e. The van der Waals surface area contributed by atoms with Crippen LogP contribution in [0.1, 0.15) is 19.4 Å². The van der Waals surface area contributed by atoms with Gasteiger partial charge in [-0.15, -0.1) is 0 Å². The average Bonchev–Trinajstić information content (AvgIpc) is 2.24. The average molecular weight is 222 g/mol. The molecule has 2 atom stereocenters. The van der Waals surface area contributed by atoms with Gasteiger partial charge in [0, 0.05) is 31.7 Å². The Morgan fingerprint density at radius 2 is 2.00 bits per heavy atom. The molecular formula is C13H19FN2. The smallest absolute Gasteiger partial charge is 0.123 e. The number of piperazine rings is 1. The van der Waals surface area contributed by atoms with Crippen LogP contribution in [0.25, 0.3) is 0 Å². The van der Waals surface area contributed by atoms with Gasteiger partial charge in [0.2, 0.25) is 0 Å². The number of nitrogens with zero attached hydrogens (tertiary/aromatic N) is 1. The van der Waals surface area contributed by atoms with Crippen LogP contribution >= 0.6 is 0 Å². The second kappa shape index (κ2) is 4.93. The lowest BCUT2D eigenvalue weighted by Crippen LogP contribution is -2.54. The van der Waals surface area contributed by atoms with Crippen molar-refractivity contribution in [2.45, 2.75) is 32.5 Å².